The van der Waals surface area contributed by atoms with Crippen molar-refractivity contribution in [3.63, 3.8) is 0 Å². The smallest absolute Gasteiger partial charge is 0.322 e. The number of hydrogen-bond acceptors (Lipinski definition) is 3. The normalized spacial score (nSPS) is 12.2. The van der Waals surface area contributed by atoms with E-state index in [0.29, 0.717) is 6.54 Å². The second kappa shape index (κ2) is 6.07. The zero-order valence-electron chi connectivity index (χ0n) is 8.79. The minimum absolute atomic E-state index is 0.236. The fourth-order valence-corrected chi connectivity index (χ4v) is 1.79. The lowest BCUT2D eigenvalue weighted by Gasteiger charge is -2.11. The molecular formula is C11H14INO2. The number of carbonyl (C=O) groups is 1. The topological polar surface area (TPSA) is 38.3 Å². The van der Waals surface area contributed by atoms with Crippen LogP contribution >= 0.6 is 22.6 Å². The Bertz CT molecular complexity index is 341. The van der Waals surface area contributed by atoms with Gasteiger partial charge in [0.1, 0.15) is 6.04 Å². The Morgan fingerprint density at radius 1 is 1.60 bits per heavy atom. The first kappa shape index (κ1) is 12.4. The molecule has 0 aliphatic heterocycles. The van der Waals surface area contributed by atoms with Crippen LogP contribution < -0.4 is 5.32 Å². The van der Waals surface area contributed by atoms with Gasteiger partial charge in [-0.05, 0) is 47.2 Å². The van der Waals surface area contributed by atoms with Crippen molar-refractivity contribution in [3.8, 4) is 0 Å². The molecule has 0 saturated heterocycles. The molecule has 82 valence electrons. The van der Waals surface area contributed by atoms with Gasteiger partial charge in [-0.3, -0.25) is 4.79 Å². The first-order valence-corrected chi connectivity index (χ1v) is 5.77. The number of methoxy groups -OCH3 is 1. The van der Waals surface area contributed by atoms with Crippen LogP contribution in [-0.4, -0.2) is 19.1 Å². The van der Waals surface area contributed by atoms with E-state index in [1.807, 2.05) is 18.2 Å². The van der Waals surface area contributed by atoms with Gasteiger partial charge >= 0.3 is 5.97 Å². The standard InChI is InChI=1S/C11H14INO2/c1-8(11(14)15-2)13-7-9-4-3-5-10(12)6-9/h3-6,8,13H,7H2,1-2H3/t8-/m0/s1. The van der Waals surface area contributed by atoms with Crippen molar-refractivity contribution < 1.29 is 9.53 Å². The van der Waals surface area contributed by atoms with Crippen molar-refractivity contribution in [3.05, 3.63) is 33.4 Å². The van der Waals surface area contributed by atoms with Crippen molar-refractivity contribution in [1.82, 2.24) is 5.32 Å². The summed E-state index contributed by atoms with van der Waals surface area (Å²) in [6.45, 7) is 2.47. The summed E-state index contributed by atoms with van der Waals surface area (Å²) in [6.07, 6.45) is 0. The summed E-state index contributed by atoms with van der Waals surface area (Å²) in [5.74, 6) is -0.236. The van der Waals surface area contributed by atoms with Crippen molar-refractivity contribution >= 4 is 28.6 Å². The number of ether oxygens (including phenoxy) is 1. The van der Waals surface area contributed by atoms with Gasteiger partial charge < -0.3 is 10.1 Å². The van der Waals surface area contributed by atoms with E-state index < -0.39 is 0 Å². The van der Waals surface area contributed by atoms with Crippen molar-refractivity contribution in [2.75, 3.05) is 7.11 Å². The van der Waals surface area contributed by atoms with E-state index in [4.69, 9.17) is 0 Å². The molecule has 15 heavy (non-hydrogen) atoms. The van der Waals surface area contributed by atoms with Crippen LogP contribution in [0.1, 0.15) is 12.5 Å². The molecule has 0 unspecified atom stereocenters. The Balaban J connectivity index is 2.47. The van der Waals surface area contributed by atoms with Gasteiger partial charge in [-0.1, -0.05) is 12.1 Å². The molecular weight excluding hydrogens is 305 g/mol. The molecule has 0 aromatic heterocycles. The molecule has 0 aliphatic rings. The van der Waals surface area contributed by atoms with E-state index >= 15 is 0 Å². The Morgan fingerprint density at radius 3 is 2.93 bits per heavy atom. The number of nitrogens with one attached hydrogen (secondary N) is 1. The molecule has 0 amide bonds. The SMILES string of the molecule is COC(=O)[C@H](C)NCc1cccc(I)c1. The van der Waals surface area contributed by atoms with Gasteiger partial charge in [0.15, 0.2) is 0 Å². The van der Waals surface area contributed by atoms with E-state index in [1.165, 1.54) is 10.7 Å². The minimum atomic E-state index is -0.270. The summed E-state index contributed by atoms with van der Waals surface area (Å²) >= 11 is 2.26. The van der Waals surface area contributed by atoms with E-state index in [9.17, 15) is 4.79 Å². The highest BCUT2D eigenvalue weighted by Crippen LogP contribution is 2.07. The first-order valence-electron chi connectivity index (χ1n) is 4.69. The van der Waals surface area contributed by atoms with Gasteiger partial charge in [-0.2, -0.15) is 0 Å². The predicted molar refractivity (Wildman–Crippen MR) is 67.5 cm³/mol. The molecule has 0 bridgehead atoms. The van der Waals surface area contributed by atoms with Crippen LogP contribution in [0.5, 0.6) is 0 Å². The molecule has 1 atom stereocenters. The van der Waals surface area contributed by atoms with Gasteiger partial charge in [0.05, 0.1) is 7.11 Å². The summed E-state index contributed by atoms with van der Waals surface area (Å²) in [7, 11) is 1.39. The molecule has 4 heteroatoms. The Morgan fingerprint density at radius 2 is 2.33 bits per heavy atom. The molecule has 0 aliphatic carbocycles. The van der Waals surface area contributed by atoms with Crippen LogP contribution in [0.25, 0.3) is 0 Å². The summed E-state index contributed by atoms with van der Waals surface area (Å²) in [6, 6.07) is 7.87. The predicted octanol–water partition coefficient (Wildman–Crippen LogP) is 1.94. The Hall–Kier alpha value is -0.620. The fraction of sp³-hybridized carbons (Fsp3) is 0.364. The molecule has 0 fully saturated rings. The minimum Gasteiger partial charge on any atom is -0.468 e. The highest BCUT2D eigenvalue weighted by atomic mass is 127. The zero-order chi connectivity index (χ0) is 11.3. The highest BCUT2D eigenvalue weighted by Gasteiger charge is 2.11. The van der Waals surface area contributed by atoms with Gasteiger partial charge in [0.25, 0.3) is 0 Å². The molecule has 1 aromatic carbocycles. The summed E-state index contributed by atoms with van der Waals surface area (Å²) in [4.78, 5) is 11.1. The number of carbonyl (C=O) groups excluding carboxylic acids is 1. The lowest BCUT2D eigenvalue weighted by Crippen LogP contribution is -2.34. The lowest BCUT2D eigenvalue weighted by molar-refractivity contribution is -0.142. The third-order valence-corrected chi connectivity index (χ3v) is 2.73. The zero-order valence-corrected chi connectivity index (χ0v) is 10.9. The van der Waals surface area contributed by atoms with Crippen LogP contribution in [0.2, 0.25) is 0 Å². The van der Waals surface area contributed by atoms with Crippen LogP contribution in [-0.2, 0) is 16.1 Å². The average molecular weight is 319 g/mol. The monoisotopic (exact) mass is 319 g/mol. The summed E-state index contributed by atoms with van der Waals surface area (Å²) in [5, 5.41) is 3.10. The van der Waals surface area contributed by atoms with Crippen LogP contribution in [0.3, 0.4) is 0 Å². The number of halogens is 1. The quantitative estimate of drug-likeness (QED) is 0.681. The molecule has 1 rings (SSSR count). The summed E-state index contributed by atoms with van der Waals surface area (Å²) in [5.41, 5.74) is 1.16. The van der Waals surface area contributed by atoms with Gasteiger partial charge in [0, 0.05) is 10.1 Å². The molecule has 0 spiro atoms. The molecule has 1 aromatic rings. The molecule has 0 heterocycles. The molecule has 0 saturated carbocycles. The van der Waals surface area contributed by atoms with Gasteiger partial charge in [-0.15, -0.1) is 0 Å². The van der Waals surface area contributed by atoms with Crippen LogP contribution in [0.4, 0.5) is 0 Å². The third kappa shape index (κ3) is 4.17. The van der Waals surface area contributed by atoms with Crippen molar-refractivity contribution in [2.24, 2.45) is 0 Å². The van der Waals surface area contributed by atoms with Crippen molar-refractivity contribution in [2.45, 2.75) is 19.5 Å². The maximum atomic E-state index is 11.1. The lowest BCUT2D eigenvalue weighted by atomic mass is 10.2. The third-order valence-electron chi connectivity index (χ3n) is 2.06. The van der Waals surface area contributed by atoms with Crippen LogP contribution in [0.15, 0.2) is 24.3 Å². The van der Waals surface area contributed by atoms with Crippen LogP contribution in [0, 0.1) is 3.57 Å². The highest BCUT2D eigenvalue weighted by molar-refractivity contribution is 14.1. The number of esters is 1. The second-order valence-electron chi connectivity index (χ2n) is 3.26. The van der Waals surface area contributed by atoms with Gasteiger partial charge in [-0.25, -0.2) is 0 Å². The molecule has 3 nitrogen and oxygen atoms in total. The fourth-order valence-electron chi connectivity index (χ4n) is 1.18. The maximum absolute atomic E-state index is 11.1. The van der Waals surface area contributed by atoms with E-state index in [2.05, 4.69) is 38.7 Å². The molecule has 0 radical (unpaired) electrons. The van der Waals surface area contributed by atoms with Crippen molar-refractivity contribution in [1.29, 1.82) is 0 Å². The van der Waals surface area contributed by atoms with E-state index in [-0.39, 0.29) is 12.0 Å². The van der Waals surface area contributed by atoms with E-state index in [0.717, 1.165) is 5.56 Å². The first-order chi connectivity index (χ1) is 7.13. The van der Waals surface area contributed by atoms with E-state index in [1.54, 1.807) is 6.92 Å². The second-order valence-corrected chi connectivity index (χ2v) is 4.50. The Labute approximate surface area is 103 Å². The maximum Gasteiger partial charge on any atom is 0.322 e. The largest absolute Gasteiger partial charge is 0.468 e. The van der Waals surface area contributed by atoms with Gasteiger partial charge in [0.2, 0.25) is 0 Å². The number of hydrogen-bond donors (Lipinski definition) is 1. The number of rotatable bonds is 4. The Kier molecular flexibility index (Phi) is 5.04. The molecule has 1 N–H and O–H groups in total. The average Bonchev–Trinajstić information content (AvgIpc) is 2.25. The summed E-state index contributed by atoms with van der Waals surface area (Å²) < 4.78 is 5.81. The number of benzene rings is 1.